The van der Waals surface area contributed by atoms with Crippen LogP contribution in [0.1, 0.15) is 22.3 Å². The van der Waals surface area contributed by atoms with Gasteiger partial charge >= 0.3 is 0 Å². The van der Waals surface area contributed by atoms with Crippen molar-refractivity contribution in [1.82, 2.24) is 0 Å². The van der Waals surface area contributed by atoms with Crippen LogP contribution in [0.4, 0.5) is 17.1 Å². The Morgan fingerprint density at radius 3 is 1.54 bits per heavy atom. The fraction of sp³-hybridized carbons (Fsp3) is 0.0149. The SMILES string of the molecule is c1ccc(-c2ccc(-c3ccccc3N(c3cccc(-c4ccc5c(c4)oc4ccccc45)c3)c3cccc(-c4cccc5c4-c4ccccc4C5(c4ccccc4)c4ccccc4)c3)cc2)cc1. The second kappa shape index (κ2) is 16.7. The van der Waals surface area contributed by atoms with Gasteiger partial charge in [0.2, 0.25) is 0 Å². The van der Waals surface area contributed by atoms with E-state index in [0.717, 1.165) is 66.8 Å². The van der Waals surface area contributed by atoms with Gasteiger partial charge in [-0.3, -0.25) is 0 Å². The summed E-state index contributed by atoms with van der Waals surface area (Å²) in [5, 5.41) is 2.25. The molecule has 11 aromatic carbocycles. The van der Waals surface area contributed by atoms with E-state index in [0.29, 0.717) is 0 Å². The number of hydrogen-bond donors (Lipinski definition) is 0. The molecule has 0 atom stereocenters. The van der Waals surface area contributed by atoms with E-state index in [9.17, 15) is 0 Å². The summed E-state index contributed by atoms with van der Waals surface area (Å²) in [5.41, 5.74) is 21.4. The molecular weight excluding hydrogens is 835 g/mol. The van der Waals surface area contributed by atoms with Crippen molar-refractivity contribution < 1.29 is 4.42 Å². The van der Waals surface area contributed by atoms with Gasteiger partial charge in [-0.1, -0.05) is 224 Å². The summed E-state index contributed by atoms with van der Waals surface area (Å²) < 4.78 is 6.39. The van der Waals surface area contributed by atoms with Gasteiger partial charge in [0.25, 0.3) is 0 Å². The van der Waals surface area contributed by atoms with E-state index in [1.807, 2.05) is 12.1 Å². The lowest BCUT2D eigenvalue weighted by Crippen LogP contribution is -2.28. The van der Waals surface area contributed by atoms with Crippen LogP contribution in [0.2, 0.25) is 0 Å². The number of benzene rings is 11. The molecule has 13 rings (SSSR count). The largest absolute Gasteiger partial charge is 0.456 e. The first-order valence-corrected chi connectivity index (χ1v) is 23.7. The van der Waals surface area contributed by atoms with Crippen molar-refractivity contribution in [2.75, 3.05) is 4.90 Å². The van der Waals surface area contributed by atoms with E-state index in [2.05, 4.69) is 266 Å². The second-order valence-corrected chi connectivity index (χ2v) is 18.0. The molecule has 69 heavy (non-hydrogen) atoms. The van der Waals surface area contributed by atoms with Crippen LogP contribution in [-0.2, 0) is 5.41 Å². The Morgan fingerprint density at radius 1 is 0.290 bits per heavy atom. The predicted molar refractivity (Wildman–Crippen MR) is 287 cm³/mol. The van der Waals surface area contributed by atoms with Gasteiger partial charge in [-0.2, -0.15) is 0 Å². The maximum atomic E-state index is 6.39. The Balaban J connectivity index is 0.994. The zero-order valence-electron chi connectivity index (χ0n) is 37.8. The third kappa shape index (κ3) is 6.72. The molecule has 1 aliphatic rings. The van der Waals surface area contributed by atoms with Crippen molar-refractivity contribution >= 4 is 39.0 Å². The highest BCUT2D eigenvalue weighted by Gasteiger charge is 2.46. The predicted octanol–water partition coefficient (Wildman–Crippen LogP) is 18.1. The van der Waals surface area contributed by atoms with E-state index in [1.54, 1.807) is 0 Å². The van der Waals surface area contributed by atoms with Crippen LogP contribution in [0.5, 0.6) is 0 Å². The molecule has 12 aromatic rings. The fourth-order valence-electron chi connectivity index (χ4n) is 11.1. The summed E-state index contributed by atoms with van der Waals surface area (Å²) in [6, 6.07) is 99.3. The van der Waals surface area contributed by atoms with Crippen molar-refractivity contribution in [3.63, 3.8) is 0 Å². The summed E-state index contributed by atoms with van der Waals surface area (Å²) in [6.07, 6.45) is 0. The number of anilines is 3. The molecule has 0 spiro atoms. The van der Waals surface area contributed by atoms with E-state index in [4.69, 9.17) is 4.42 Å². The monoisotopic (exact) mass is 879 g/mol. The molecule has 0 radical (unpaired) electrons. The number of rotatable bonds is 9. The van der Waals surface area contributed by atoms with Gasteiger partial charge in [0.15, 0.2) is 0 Å². The molecule has 2 heteroatoms. The Bertz CT molecular complexity index is 3790. The molecule has 0 fully saturated rings. The number of nitrogens with zero attached hydrogens (tertiary/aromatic N) is 1. The Morgan fingerprint density at radius 2 is 0.783 bits per heavy atom. The topological polar surface area (TPSA) is 16.4 Å². The molecular formula is C67H45NO. The molecule has 2 nitrogen and oxygen atoms in total. The lowest BCUT2D eigenvalue weighted by Gasteiger charge is -2.34. The maximum Gasteiger partial charge on any atom is 0.136 e. The number of para-hydroxylation sites is 2. The van der Waals surface area contributed by atoms with Gasteiger partial charge < -0.3 is 9.32 Å². The highest BCUT2D eigenvalue weighted by molar-refractivity contribution is 6.06. The van der Waals surface area contributed by atoms with Crippen LogP contribution in [-0.4, -0.2) is 0 Å². The molecule has 1 aliphatic carbocycles. The summed E-state index contributed by atoms with van der Waals surface area (Å²) >= 11 is 0. The van der Waals surface area contributed by atoms with Crippen molar-refractivity contribution in [3.05, 3.63) is 295 Å². The first-order valence-electron chi connectivity index (χ1n) is 23.7. The number of fused-ring (bicyclic) bond motifs is 6. The lowest BCUT2D eigenvalue weighted by atomic mass is 9.67. The highest BCUT2D eigenvalue weighted by atomic mass is 16.3. The van der Waals surface area contributed by atoms with Crippen LogP contribution in [0.25, 0.3) is 77.6 Å². The average molecular weight is 880 g/mol. The minimum absolute atomic E-state index is 0.491. The summed E-state index contributed by atoms with van der Waals surface area (Å²) in [6.45, 7) is 0. The van der Waals surface area contributed by atoms with Gasteiger partial charge in [0.1, 0.15) is 11.2 Å². The third-order valence-electron chi connectivity index (χ3n) is 14.2. The van der Waals surface area contributed by atoms with E-state index >= 15 is 0 Å². The van der Waals surface area contributed by atoms with E-state index in [-0.39, 0.29) is 0 Å². The van der Waals surface area contributed by atoms with Crippen molar-refractivity contribution in [2.24, 2.45) is 0 Å². The molecule has 0 N–H and O–H groups in total. The quantitative estimate of drug-likeness (QED) is 0.144. The zero-order valence-corrected chi connectivity index (χ0v) is 37.8. The minimum Gasteiger partial charge on any atom is -0.456 e. The van der Waals surface area contributed by atoms with E-state index < -0.39 is 5.41 Å². The van der Waals surface area contributed by atoms with Crippen LogP contribution in [0, 0.1) is 0 Å². The molecule has 1 heterocycles. The van der Waals surface area contributed by atoms with Crippen LogP contribution in [0.3, 0.4) is 0 Å². The summed E-state index contributed by atoms with van der Waals surface area (Å²) in [5.74, 6) is 0. The molecule has 0 saturated heterocycles. The molecule has 0 amide bonds. The summed E-state index contributed by atoms with van der Waals surface area (Å²) in [4.78, 5) is 2.43. The lowest BCUT2D eigenvalue weighted by molar-refractivity contribution is 0.669. The van der Waals surface area contributed by atoms with Gasteiger partial charge in [0.05, 0.1) is 11.1 Å². The zero-order chi connectivity index (χ0) is 45.7. The first-order chi connectivity index (χ1) is 34.2. The van der Waals surface area contributed by atoms with Gasteiger partial charge in [0, 0.05) is 27.7 Å². The number of furan rings is 1. The van der Waals surface area contributed by atoms with Gasteiger partial charge in [-0.05, 0) is 121 Å². The first kappa shape index (κ1) is 40.3. The van der Waals surface area contributed by atoms with Gasteiger partial charge in [-0.15, -0.1) is 0 Å². The molecule has 0 bridgehead atoms. The molecule has 324 valence electrons. The fourth-order valence-corrected chi connectivity index (χ4v) is 11.1. The smallest absolute Gasteiger partial charge is 0.136 e. The number of hydrogen-bond acceptors (Lipinski definition) is 2. The highest BCUT2D eigenvalue weighted by Crippen LogP contribution is 2.58. The third-order valence-corrected chi connectivity index (χ3v) is 14.2. The molecule has 0 unspecified atom stereocenters. The standard InChI is InChI=1S/C67H45NO/c1-4-19-46(20-5-1)47-37-39-48(40-38-47)56-29-11-14-35-63(56)68(54-27-16-21-49(43-54)50-41-42-59-58-30-12-15-36-64(58)69-65(59)45-50)55-28-17-22-51(44-55)57-32-18-34-62-66(57)60-31-10-13-33-61(60)67(62,52-23-6-2-7-24-52)53-25-8-3-9-26-53/h1-45H. The average Bonchev–Trinajstić information content (AvgIpc) is 3.96. The Labute approximate surface area is 402 Å². The second-order valence-electron chi connectivity index (χ2n) is 18.0. The Hall–Kier alpha value is -8.98. The molecule has 1 aromatic heterocycles. The summed E-state index contributed by atoms with van der Waals surface area (Å²) in [7, 11) is 0. The van der Waals surface area contributed by atoms with Crippen LogP contribution < -0.4 is 4.90 Å². The Kier molecular flexibility index (Phi) is 9.77. The van der Waals surface area contributed by atoms with Crippen LogP contribution >= 0.6 is 0 Å². The van der Waals surface area contributed by atoms with Gasteiger partial charge in [-0.25, -0.2) is 0 Å². The normalized spacial score (nSPS) is 12.5. The molecule has 0 aliphatic heterocycles. The maximum absolute atomic E-state index is 6.39. The molecule has 0 saturated carbocycles. The van der Waals surface area contributed by atoms with Crippen molar-refractivity contribution in [3.8, 4) is 55.6 Å². The van der Waals surface area contributed by atoms with Crippen LogP contribution in [0.15, 0.2) is 277 Å². The van der Waals surface area contributed by atoms with Crippen molar-refractivity contribution in [2.45, 2.75) is 5.41 Å². The van der Waals surface area contributed by atoms with Crippen molar-refractivity contribution in [1.29, 1.82) is 0 Å². The minimum atomic E-state index is -0.491. The van der Waals surface area contributed by atoms with E-state index in [1.165, 1.54) is 50.1 Å².